The Hall–Kier alpha value is -6.06. The van der Waals surface area contributed by atoms with E-state index in [4.69, 9.17) is 33.2 Å². The molecule has 1 saturated heterocycles. The molecule has 4 aliphatic rings. The first-order valence-corrected chi connectivity index (χ1v) is 30.1. The summed E-state index contributed by atoms with van der Waals surface area (Å²) in [5.74, 6) is -8.12. The van der Waals surface area contributed by atoms with E-state index in [1.807, 2.05) is 0 Å². The van der Waals surface area contributed by atoms with E-state index >= 15 is 9.59 Å². The number of unbranched alkanes of at least 4 members (excludes halogenated alkanes) is 1. The number of hydrogen-bond donors (Lipinski definition) is 3. The lowest BCUT2D eigenvalue weighted by Crippen LogP contribution is -2.81. The number of thioether (sulfide) groups is 2. The predicted octanol–water partition coefficient (Wildman–Crippen LogP) is 7.86. The molecule has 3 aromatic carbocycles. The van der Waals surface area contributed by atoms with Gasteiger partial charge in [-0.1, -0.05) is 93.9 Å². The number of carbonyl (C=O) groups excluding carboxylic acids is 8. The minimum atomic E-state index is -2.32. The van der Waals surface area contributed by atoms with Crippen molar-refractivity contribution >= 4 is 71.0 Å². The number of aliphatic hydroxyl groups excluding tert-OH is 1. The molecule has 3 N–H and O–H groups in total. The van der Waals surface area contributed by atoms with Crippen molar-refractivity contribution in [2.24, 2.45) is 22.7 Å². The molecule has 0 aromatic heterocycles. The number of hydrogen-bond acceptors (Lipinski definition) is 19. The van der Waals surface area contributed by atoms with Crippen LogP contribution >= 0.6 is 23.5 Å². The number of Topliss-reactive ketones (excluding diaryl/α,β-unsaturated/α-hetero) is 1. The van der Waals surface area contributed by atoms with E-state index in [-0.39, 0.29) is 30.6 Å². The molecule has 3 aliphatic carbocycles. The fraction of sp³-hybridized carbons (Fsp3) is 0.541. The fourth-order valence-corrected chi connectivity index (χ4v) is 13.9. The average molecular weight is 1160 g/mol. The van der Waals surface area contributed by atoms with Crippen molar-refractivity contribution < 1.29 is 81.7 Å². The summed E-state index contributed by atoms with van der Waals surface area (Å²) in [5, 5.41) is 29.5. The number of ketones is 1. The molecule has 18 nitrogen and oxygen atoms in total. The van der Waals surface area contributed by atoms with Gasteiger partial charge in [-0.3, -0.25) is 28.8 Å². The fourth-order valence-electron chi connectivity index (χ4n) is 12.5. The van der Waals surface area contributed by atoms with Gasteiger partial charge in [-0.25, -0.2) is 9.59 Å². The first-order valence-electron chi connectivity index (χ1n) is 27.4. The van der Waals surface area contributed by atoms with E-state index < -0.39 is 144 Å². The highest BCUT2D eigenvalue weighted by atomic mass is 32.2. The van der Waals surface area contributed by atoms with Gasteiger partial charge in [0.15, 0.2) is 5.60 Å². The lowest BCUT2D eigenvalue weighted by molar-refractivity contribution is -0.345. The van der Waals surface area contributed by atoms with Gasteiger partial charge in [-0.05, 0) is 92.3 Å². The Morgan fingerprint density at radius 1 is 0.802 bits per heavy atom. The third-order valence-electron chi connectivity index (χ3n) is 16.9. The van der Waals surface area contributed by atoms with Crippen LogP contribution in [0.3, 0.4) is 0 Å². The number of esters is 6. The smallest absolute Gasteiger partial charge is 0.350 e. The normalized spacial score (nSPS) is 27.4. The van der Waals surface area contributed by atoms with Gasteiger partial charge in [-0.15, -0.1) is 0 Å². The second-order valence-electron chi connectivity index (χ2n) is 22.1. The zero-order valence-corrected chi connectivity index (χ0v) is 48.8. The van der Waals surface area contributed by atoms with Crippen LogP contribution in [0.4, 0.5) is 0 Å². The van der Waals surface area contributed by atoms with Crippen molar-refractivity contribution in [3.05, 3.63) is 119 Å². The molecule has 1 amide bonds. The Bertz CT molecular complexity index is 2800. The van der Waals surface area contributed by atoms with Crippen LogP contribution in [0, 0.1) is 22.7 Å². The van der Waals surface area contributed by atoms with Crippen LogP contribution in [-0.2, 0) is 61.9 Å². The van der Waals surface area contributed by atoms with Crippen molar-refractivity contribution in [2.75, 3.05) is 31.7 Å². The number of aliphatic hydroxyl groups is 2. The molecule has 81 heavy (non-hydrogen) atoms. The molecule has 12 atom stereocenters. The van der Waals surface area contributed by atoms with Crippen LogP contribution in [0.1, 0.15) is 132 Å². The number of nitrogens with one attached hydrogen (secondary N) is 1. The van der Waals surface area contributed by atoms with Gasteiger partial charge >= 0.3 is 35.8 Å². The number of benzene rings is 3. The summed E-state index contributed by atoms with van der Waals surface area (Å²) in [4.78, 5) is 112. The Kier molecular flexibility index (Phi) is 20.8. The van der Waals surface area contributed by atoms with Gasteiger partial charge in [0, 0.05) is 48.3 Å². The monoisotopic (exact) mass is 1160 g/mol. The summed E-state index contributed by atoms with van der Waals surface area (Å²) in [5.41, 5.74) is -6.18. The first kappa shape index (κ1) is 62.5. The third-order valence-corrected chi connectivity index (χ3v) is 18.6. The van der Waals surface area contributed by atoms with Crippen LogP contribution < -0.4 is 5.32 Å². The van der Waals surface area contributed by atoms with Gasteiger partial charge in [0.2, 0.25) is 12.9 Å². The largest absolute Gasteiger partial charge is 0.455 e. The Balaban J connectivity index is 1.20. The molecule has 7 rings (SSSR count). The number of rotatable bonds is 24. The topological polar surface area (TPSA) is 254 Å². The maximum atomic E-state index is 15.6. The van der Waals surface area contributed by atoms with Gasteiger partial charge in [-0.2, -0.15) is 23.5 Å². The Morgan fingerprint density at radius 3 is 2.00 bits per heavy atom. The van der Waals surface area contributed by atoms with E-state index in [2.05, 4.69) is 17.8 Å². The van der Waals surface area contributed by atoms with E-state index in [1.165, 1.54) is 26.0 Å². The number of amides is 1. The van der Waals surface area contributed by atoms with E-state index in [9.17, 15) is 39.0 Å². The highest BCUT2D eigenvalue weighted by Gasteiger charge is 2.77. The van der Waals surface area contributed by atoms with Crippen LogP contribution in [0.25, 0.3) is 0 Å². The van der Waals surface area contributed by atoms with Gasteiger partial charge in [0.25, 0.3) is 5.91 Å². The molecule has 0 radical (unpaired) electrons. The lowest BCUT2D eigenvalue weighted by atomic mass is 9.43. The molecule has 1 heterocycles. The molecule has 3 aromatic rings. The SMILES string of the molecule is CSCCC(CCCCC(=O)OCOC(=O)CCC(=O)O[C@@H](C(=O)OC1C[C@@]2(O)[C@@H](OC(=O)c3ccccc3)[C@H]3[C@](C)(C(=O)[C@H](C)C(=C1C)C2(C)C)[C@@H](O)CC1OC[C@]13OC(C)=O)C(NC(=O)c1ccccc1)c1ccccc1)SC. The maximum absolute atomic E-state index is 15.6. The van der Waals surface area contributed by atoms with Crippen molar-refractivity contribution in [1.82, 2.24) is 5.32 Å². The van der Waals surface area contributed by atoms with Crippen LogP contribution in [0.15, 0.2) is 102 Å². The van der Waals surface area contributed by atoms with Crippen molar-refractivity contribution in [3.63, 3.8) is 0 Å². The molecule has 1 aliphatic heterocycles. The Morgan fingerprint density at radius 2 is 1.41 bits per heavy atom. The van der Waals surface area contributed by atoms with Gasteiger partial charge in [0.05, 0.1) is 42.4 Å². The van der Waals surface area contributed by atoms with Crippen LogP contribution in [-0.4, -0.2) is 136 Å². The number of ether oxygens (including phenoxy) is 7. The maximum Gasteiger partial charge on any atom is 0.350 e. The summed E-state index contributed by atoms with van der Waals surface area (Å²) in [6, 6.07) is 22.7. The minimum Gasteiger partial charge on any atom is -0.455 e. The molecular weight excluding hydrogens is 1080 g/mol. The van der Waals surface area contributed by atoms with Gasteiger partial charge in [0.1, 0.15) is 35.7 Å². The molecule has 0 spiro atoms. The summed E-state index contributed by atoms with van der Waals surface area (Å²) < 4.78 is 41.3. The molecule has 2 bridgehead atoms. The van der Waals surface area contributed by atoms with E-state index in [0.29, 0.717) is 28.4 Å². The standard InChI is InChI=1S/C61H75NO17S2/c1-36-43(33-61(72)54(78-56(70)41-24-16-11-17-25-41)52-59(6,53(68)37(2)49(36)58(61,4)5)44(64)32-45-60(52,34-73-45)79-38(3)63)76-57(71)51(50(39-20-12-9-13-21-39)62-55(69)40-22-14-10-15-23-40)77-48(67)29-28-47(66)75-35-74-46(65)27-19-18-26-42(81-8)30-31-80-7/h9-17,20-25,37,42-45,50-52,54,64,72H,18-19,26-35H2,1-8H3,(H,62,69)/t37-,42?,43?,44+,45?,50?,51-,52+,54+,59-,60+,61-/m1/s1. The third kappa shape index (κ3) is 13.4. The second-order valence-corrected chi connectivity index (χ2v) is 24.2. The molecule has 20 heteroatoms. The highest BCUT2D eigenvalue weighted by Crippen LogP contribution is 2.65. The zero-order valence-electron chi connectivity index (χ0n) is 47.2. The highest BCUT2D eigenvalue weighted by molar-refractivity contribution is 7.99. The second kappa shape index (κ2) is 26.9. The minimum absolute atomic E-state index is 0.0799. The lowest BCUT2D eigenvalue weighted by Gasteiger charge is -2.67. The quantitative estimate of drug-likeness (QED) is 0.0254. The molecule has 438 valence electrons. The summed E-state index contributed by atoms with van der Waals surface area (Å²) in [7, 11) is 0. The predicted molar refractivity (Wildman–Crippen MR) is 300 cm³/mol. The molecule has 3 fully saturated rings. The van der Waals surface area contributed by atoms with E-state index in [0.717, 1.165) is 25.0 Å². The summed E-state index contributed by atoms with van der Waals surface area (Å²) in [6.45, 7) is 8.34. The van der Waals surface area contributed by atoms with Crippen LogP contribution in [0.5, 0.6) is 0 Å². The Labute approximate surface area is 481 Å². The van der Waals surface area contributed by atoms with E-state index in [1.54, 1.807) is 130 Å². The average Bonchev–Trinajstić information content (AvgIpc) is 3.27. The molecular formula is C61H75NO17S2. The number of fused-ring (bicyclic) bond motifs is 5. The van der Waals surface area contributed by atoms with Crippen LogP contribution in [0.2, 0.25) is 0 Å². The van der Waals surface area contributed by atoms with Crippen molar-refractivity contribution in [2.45, 2.75) is 152 Å². The number of carbonyl (C=O) groups is 8. The van der Waals surface area contributed by atoms with Gasteiger partial charge < -0.3 is 48.7 Å². The summed E-state index contributed by atoms with van der Waals surface area (Å²) >= 11 is 3.60. The van der Waals surface area contributed by atoms with Crippen molar-refractivity contribution in [3.8, 4) is 0 Å². The first-order chi connectivity index (χ1) is 38.5. The molecule has 2 saturated carbocycles. The zero-order chi connectivity index (χ0) is 58.9. The van der Waals surface area contributed by atoms with Crippen molar-refractivity contribution in [1.29, 1.82) is 0 Å². The molecule has 4 unspecified atom stereocenters. The summed E-state index contributed by atoms with van der Waals surface area (Å²) in [6.07, 6.45) is -1.76.